The van der Waals surface area contributed by atoms with E-state index in [2.05, 4.69) is 5.32 Å². The molecule has 4 heteroatoms. The van der Waals surface area contributed by atoms with Crippen LogP contribution >= 0.6 is 0 Å². The average Bonchev–Trinajstić information content (AvgIpc) is 2.48. The number of ether oxygens (including phenoxy) is 2. The lowest BCUT2D eigenvalue weighted by Crippen LogP contribution is -2.24. The molecule has 1 N–H and O–H groups in total. The summed E-state index contributed by atoms with van der Waals surface area (Å²) in [6.07, 6.45) is 5.56. The largest absolute Gasteiger partial charge is 0.493 e. The van der Waals surface area contributed by atoms with Crippen molar-refractivity contribution in [3.05, 3.63) is 18.2 Å². The van der Waals surface area contributed by atoms with Gasteiger partial charge >= 0.3 is 0 Å². The number of methoxy groups -OCH3 is 2. The molecular weight excluding hydrogens is 242 g/mol. The van der Waals surface area contributed by atoms with Gasteiger partial charge in [-0.2, -0.15) is 0 Å². The van der Waals surface area contributed by atoms with Gasteiger partial charge in [0.15, 0.2) is 11.5 Å². The summed E-state index contributed by atoms with van der Waals surface area (Å²) in [4.78, 5) is 12.1. The minimum absolute atomic E-state index is 0.118. The molecule has 4 nitrogen and oxygen atoms in total. The molecule has 1 aliphatic carbocycles. The fourth-order valence-electron chi connectivity index (χ4n) is 2.52. The minimum Gasteiger partial charge on any atom is -0.493 e. The molecule has 1 fully saturated rings. The van der Waals surface area contributed by atoms with E-state index in [9.17, 15) is 4.79 Å². The monoisotopic (exact) mass is 263 g/mol. The lowest BCUT2D eigenvalue weighted by Gasteiger charge is -2.21. The summed E-state index contributed by atoms with van der Waals surface area (Å²) in [5.41, 5.74) is 0.758. The Hall–Kier alpha value is -1.71. The molecule has 104 valence electrons. The van der Waals surface area contributed by atoms with Crippen LogP contribution in [0.5, 0.6) is 11.5 Å². The van der Waals surface area contributed by atoms with Crippen molar-refractivity contribution >= 4 is 11.6 Å². The summed E-state index contributed by atoms with van der Waals surface area (Å²) < 4.78 is 10.4. The van der Waals surface area contributed by atoms with Crippen LogP contribution in [0.15, 0.2) is 18.2 Å². The fraction of sp³-hybridized carbons (Fsp3) is 0.533. The van der Waals surface area contributed by atoms with Gasteiger partial charge in [-0.3, -0.25) is 4.79 Å². The summed E-state index contributed by atoms with van der Waals surface area (Å²) in [6, 6.07) is 5.43. The molecule has 0 saturated heterocycles. The Kier molecular flexibility index (Phi) is 4.66. The zero-order chi connectivity index (χ0) is 13.7. The molecule has 19 heavy (non-hydrogen) atoms. The van der Waals surface area contributed by atoms with E-state index in [0.29, 0.717) is 11.5 Å². The van der Waals surface area contributed by atoms with Gasteiger partial charge in [0, 0.05) is 17.7 Å². The Morgan fingerprint density at radius 3 is 2.42 bits per heavy atom. The molecule has 0 aromatic heterocycles. The molecule has 0 heterocycles. The van der Waals surface area contributed by atoms with Gasteiger partial charge in [-0.15, -0.1) is 0 Å². The van der Waals surface area contributed by atoms with Crippen LogP contribution in [0.25, 0.3) is 0 Å². The second-order valence-corrected chi connectivity index (χ2v) is 4.89. The molecule has 0 atom stereocenters. The van der Waals surface area contributed by atoms with Gasteiger partial charge in [0.25, 0.3) is 0 Å². The van der Waals surface area contributed by atoms with Crippen LogP contribution in [-0.4, -0.2) is 20.1 Å². The Bertz CT molecular complexity index is 439. The normalized spacial score (nSPS) is 15.9. The molecule has 0 bridgehead atoms. The maximum absolute atomic E-state index is 12.1. The van der Waals surface area contributed by atoms with E-state index in [0.717, 1.165) is 31.4 Å². The summed E-state index contributed by atoms with van der Waals surface area (Å²) in [7, 11) is 3.18. The van der Waals surface area contributed by atoms with Gasteiger partial charge in [-0.1, -0.05) is 19.3 Å². The molecule has 1 aromatic carbocycles. The van der Waals surface area contributed by atoms with E-state index < -0.39 is 0 Å². The molecular formula is C15H21NO3. The van der Waals surface area contributed by atoms with Crippen molar-refractivity contribution in [2.24, 2.45) is 5.92 Å². The molecule has 0 radical (unpaired) electrons. The van der Waals surface area contributed by atoms with Crippen molar-refractivity contribution in [3.63, 3.8) is 0 Å². The number of rotatable bonds is 4. The SMILES string of the molecule is COc1ccc(NC(=O)C2CCCCC2)cc1OC. The summed E-state index contributed by atoms with van der Waals surface area (Å²) in [6.45, 7) is 0. The number of hydrogen-bond donors (Lipinski definition) is 1. The number of carbonyl (C=O) groups excluding carboxylic acids is 1. The third-order valence-corrected chi connectivity index (χ3v) is 3.63. The molecule has 1 aromatic rings. The second-order valence-electron chi connectivity index (χ2n) is 4.89. The highest BCUT2D eigenvalue weighted by Gasteiger charge is 2.21. The zero-order valence-electron chi connectivity index (χ0n) is 11.6. The second kappa shape index (κ2) is 6.45. The maximum Gasteiger partial charge on any atom is 0.227 e. The zero-order valence-corrected chi connectivity index (χ0v) is 11.6. The summed E-state index contributed by atoms with van der Waals surface area (Å²) in [5, 5.41) is 2.96. The first-order valence-electron chi connectivity index (χ1n) is 6.77. The average molecular weight is 263 g/mol. The molecule has 0 unspecified atom stereocenters. The first-order chi connectivity index (χ1) is 9.24. The molecule has 0 aliphatic heterocycles. The number of hydrogen-bond acceptors (Lipinski definition) is 3. The predicted molar refractivity (Wildman–Crippen MR) is 74.8 cm³/mol. The van der Waals surface area contributed by atoms with E-state index in [1.807, 2.05) is 6.07 Å². The van der Waals surface area contributed by atoms with Gasteiger partial charge in [0.05, 0.1) is 14.2 Å². The van der Waals surface area contributed by atoms with Gasteiger partial charge in [-0.05, 0) is 25.0 Å². The minimum atomic E-state index is 0.118. The van der Waals surface area contributed by atoms with Crippen molar-refractivity contribution < 1.29 is 14.3 Å². The first-order valence-corrected chi connectivity index (χ1v) is 6.77. The molecule has 1 saturated carbocycles. The maximum atomic E-state index is 12.1. The predicted octanol–water partition coefficient (Wildman–Crippen LogP) is 3.22. The van der Waals surface area contributed by atoms with E-state index in [1.54, 1.807) is 26.4 Å². The van der Waals surface area contributed by atoms with Crippen LogP contribution in [0.1, 0.15) is 32.1 Å². The van der Waals surface area contributed by atoms with Gasteiger partial charge in [0.1, 0.15) is 0 Å². The van der Waals surface area contributed by atoms with Crippen molar-refractivity contribution in [3.8, 4) is 11.5 Å². The van der Waals surface area contributed by atoms with Crippen molar-refractivity contribution in [2.75, 3.05) is 19.5 Å². The van der Waals surface area contributed by atoms with Gasteiger partial charge < -0.3 is 14.8 Å². The van der Waals surface area contributed by atoms with E-state index in [1.165, 1.54) is 6.42 Å². The highest BCUT2D eigenvalue weighted by atomic mass is 16.5. The van der Waals surface area contributed by atoms with Crippen LogP contribution in [0.4, 0.5) is 5.69 Å². The fourth-order valence-corrected chi connectivity index (χ4v) is 2.52. The Morgan fingerprint density at radius 2 is 1.79 bits per heavy atom. The van der Waals surface area contributed by atoms with Crippen LogP contribution in [-0.2, 0) is 4.79 Å². The molecule has 1 aliphatic rings. The number of carbonyl (C=O) groups is 1. The lowest BCUT2D eigenvalue weighted by atomic mass is 9.88. The quantitative estimate of drug-likeness (QED) is 0.907. The summed E-state index contributed by atoms with van der Waals surface area (Å²) in [5.74, 6) is 1.57. The van der Waals surface area contributed by atoms with E-state index >= 15 is 0 Å². The first kappa shape index (κ1) is 13.7. The topological polar surface area (TPSA) is 47.6 Å². The Balaban J connectivity index is 2.03. The van der Waals surface area contributed by atoms with Crippen molar-refractivity contribution in [2.45, 2.75) is 32.1 Å². The molecule has 1 amide bonds. The third-order valence-electron chi connectivity index (χ3n) is 3.63. The highest BCUT2D eigenvalue weighted by molar-refractivity contribution is 5.92. The van der Waals surface area contributed by atoms with Crippen LogP contribution in [0, 0.1) is 5.92 Å². The lowest BCUT2D eigenvalue weighted by molar-refractivity contribution is -0.120. The standard InChI is InChI=1S/C15H21NO3/c1-18-13-9-8-12(10-14(13)19-2)16-15(17)11-6-4-3-5-7-11/h8-11H,3-7H2,1-2H3,(H,16,17). The number of amides is 1. The van der Waals surface area contributed by atoms with Crippen LogP contribution < -0.4 is 14.8 Å². The molecule has 0 spiro atoms. The smallest absolute Gasteiger partial charge is 0.227 e. The van der Waals surface area contributed by atoms with Gasteiger partial charge in [-0.25, -0.2) is 0 Å². The van der Waals surface area contributed by atoms with Crippen molar-refractivity contribution in [1.82, 2.24) is 0 Å². The Labute approximate surface area is 114 Å². The number of nitrogens with one attached hydrogen (secondary N) is 1. The highest BCUT2D eigenvalue weighted by Crippen LogP contribution is 2.31. The number of benzene rings is 1. The van der Waals surface area contributed by atoms with Crippen LogP contribution in [0.3, 0.4) is 0 Å². The Morgan fingerprint density at radius 1 is 1.11 bits per heavy atom. The third kappa shape index (κ3) is 3.40. The number of anilines is 1. The van der Waals surface area contributed by atoms with Gasteiger partial charge in [0.2, 0.25) is 5.91 Å². The van der Waals surface area contributed by atoms with Crippen molar-refractivity contribution in [1.29, 1.82) is 0 Å². The van der Waals surface area contributed by atoms with E-state index in [4.69, 9.17) is 9.47 Å². The molecule has 2 rings (SSSR count). The van der Waals surface area contributed by atoms with Crippen LogP contribution in [0.2, 0.25) is 0 Å². The van der Waals surface area contributed by atoms with E-state index in [-0.39, 0.29) is 11.8 Å². The summed E-state index contributed by atoms with van der Waals surface area (Å²) >= 11 is 0.